The van der Waals surface area contributed by atoms with Gasteiger partial charge in [0, 0.05) is 17.3 Å². The quantitative estimate of drug-likeness (QED) is 0.791. The number of para-hydroxylation sites is 1. The average molecular weight is 284 g/mol. The monoisotopic (exact) mass is 284 g/mol. The lowest BCUT2D eigenvalue weighted by Crippen LogP contribution is -2.16. The van der Waals surface area contributed by atoms with Gasteiger partial charge in [-0.05, 0) is 37.7 Å². The minimum absolute atomic E-state index is 0.144. The summed E-state index contributed by atoms with van der Waals surface area (Å²) in [5.41, 5.74) is 2.49. The number of carbonyl (C=O) groups is 1. The number of phenolic OH excluding ortho intramolecular Hbond substituents is 1. The van der Waals surface area contributed by atoms with E-state index >= 15 is 0 Å². The Labute approximate surface area is 124 Å². The van der Waals surface area contributed by atoms with E-state index in [-0.39, 0.29) is 24.1 Å². The van der Waals surface area contributed by atoms with E-state index in [2.05, 4.69) is 17.6 Å². The van der Waals surface area contributed by atoms with Crippen LogP contribution < -0.4 is 10.6 Å². The number of amides is 1. The Morgan fingerprint density at radius 2 is 1.95 bits per heavy atom. The van der Waals surface area contributed by atoms with Crippen LogP contribution in [0.4, 0.5) is 5.69 Å². The van der Waals surface area contributed by atoms with Crippen LogP contribution in [0.25, 0.3) is 0 Å². The van der Waals surface area contributed by atoms with Gasteiger partial charge in [0.2, 0.25) is 5.91 Å². The summed E-state index contributed by atoms with van der Waals surface area (Å²) >= 11 is 0. The first kappa shape index (κ1) is 15.1. The summed E-state index contributed by atoms with van der Waals surface area (Å²) in [7, 11) is 1.90. The highest BCUT2D eigenvalue weighted by Crippen LogP contribution is 2.19. The number of hydrogen-bond acceptors (Lipinski definition) is 3. The molecule has 0 aliphatic rings. The molecule has 4 nitrogen and oxygen atoms in total. The van der Waals surface area contributed by atoms with Crippen molar-refractivity contribution in [2.75, 3.05) is 12.4 Å². The highest BCUT2D eigenvalue weighted by atomic mass is 16.3. The van der Waals surface area contributed by atoms with Gasteiger partial charge in [0.1, 0.15) is 5.75 Å². The van der Waals surface area contributed by atoms with Crippen LogP contribution in [-0.2, 0) is 11.2 Å². The molecule has 2 aromatic carbocycles. The third-order valence-corrected chi connectivity index (χ3v) is 3.45. The van der Waals surface area contributed by atoms with Gasteiger partial charge < -0.3 is 15.7 Å². The Morgan fingerprint density at radius 3 is 2.67 bits per heavy atom. The van der Waals surface area contributed by atoms with Crippen LogP contribution in [0.3, 0.4) is 0 Å². The number of hydrogen-bond donors (Lipinski definition) is 3. The zero-order valence-corrected chi connectivity index (χ0v) is 12.3. The molecule has 0 saturated heterocycles. The number of phenols is 1. The van der Waals surface area contributed by atoms with Crippen LogP contribution in [0.5, 0.6) is 5.75 Å². The molecule has 4 heteroatoms. The zero-order chi connectivity index (χ0) is 15.2. The maximum atomic E-state index is 12.0. The van der Waals surface area contributed by atoms with E-state index < -0.39 is 0 Å². The van der Waals surface area contributed by atoms with Crippen molar-refractivity contribution in [2.45, 2.75) is 19.4 Å². The van der Waals surface area contributed by atoms with Gasteiger partial charge in [0.05, 0.1) is 6.42 Å². The van der Waals surface area contributed by atoms with Crippen LogP contribution in [0.1, 0.15) is 24.1 Å². The number of aromatic hydroxyl groups is 1. The molecule has 1 unspecified atom stereocenters. The normalized spacial score (nSPS) is 11.9. The summed E-state index contributed by atoms with van der Waals surface area (Å²) in [6, 6.07) is 14.8. The van der Waals surface area contributed by atoms with Crippen LogP contribution in [0, 0.1) is 0 Å². The lowest BCUT2D eigenvalue weighted by atomic mass is 10.1. The SMILES string of the molecule is CNC(C)c1cccc(NC(=O)Cc2ccccc2O)c1. The molecular weight excluding hydrogens is 264 g/mol. The molecule has 110 valence electrons. The first-order valence-electron chi connectivity index (χ1n) is 6.94. The molecule has 0 bridgehead atoms. The Hall–Kier alpha value is -2.33. The standard InChI is InChI=1S/C17H20N2O2/c1-12(18-2)13-7-5-8-15(10-13)19-17(21)11-14-6-3-4-9-16(14)20/h3-10,12,18,20H,11H2,1-2H3,(H,19,21). The molecule has 2 aromatic rings. The molecule has 0 aromatic heterocycles. The predicted octanol–water partition coefficient (Wildman–Crippen LogP) is 2.85. The second kappa shape index (κ2) is 6.90. The van der Waals surface area contributed by atoms with Crippen LogP contribution in [-0.4, -0.2) is 18.1 Å². The van der Waals surface area contributed by atoms with Crippen molar-refractivity contribution in [1.29, 1.82) is 0 Å². The highest BCUT2D eigenvalue weighted by molar-refractivity contribution is 5.92. The Balaban J connectivity index is 2.05. The molecule has 2 rings (SSSR count). The molecule has 0 heterocycles. The van der Waals surface area contributed by atoms with Crippen LogP contribution in [0.15, 0.2) is 48.5 Å². The van der Waals surface area contributed by atoms with E-state index in [1.165, 1.54) is 0 Å². The summed E-state index contributed by atoms with van der Waals surface area (Å²) in [5.74, 6) is -0.00373. The first-order chi connectivity index (χ1) is 10.1. The maximum Gasteiger partial charge on any atom is 0.228 e. The van der Waals surface area contributed by atoms with Crippen LogP contribution in [0.2, 0.25) is 0 Å². The van der Waals surface area contributed by atoms with Gasteiger partial charge in [-0.25, -0.2) is 0 Å². The summed E-state index contributed by atoms with van der Waals surface area (Å²) in [6.07, 6.45) is 0.151. The second-order valence-corrected chi connectivity index (χ2v) is 4.99. The third-order valence-electron chi connectivity index (χ3n) is 3.45. The van der Waals surface area contributed by atoms with Gasteiger partial charge >= 0.3 is 0 Å². The average Bonchev–Trinajstić information content (AvgIpc) is 2.49. The summed E-state index contributed by atoms with van der Waals surface area (Å²) in [4.78, 5) is 12.0. The fourth-order valence-corrected chi connectivity index (χ4v) is 2.09. The van der Waals surface area contributed by atoms with E-state index in [1.807, 2.05) is 31.3 Å². The molecule has 3 N–H and O–H groups in total. The maximum absolute atomic E-state index is 12.0. The Bertz CT molecular complexity index is 626. The van der Waals surface area contributed by atoms with Gasteiger partial charge in [0.15, 0.2) is 0 Å². The second-order valence-electron chi connectivity index (χ2n) is 4.99. The largest absolute Gasteiger partial charge is 0.508 e. The molecule has 0 aliphatic carbocycles. The third kappa shape index (κ3) is 4.07. The van der Waals surface area contributed by atoms with E-state index in [4.69, 9.17) is 0 Å². The van der Waals surface area contributed by atoms with Crippen molar-refractivity contribution in [3.63, 3.8) is 0 Å². The molecule has 0 radical (unpaired) electrons. The van der Waals surface area contributed by atoms with Gasteiger partial charge in [-0.2, -0.15) is 0 Å². The minimum Gasteiger partial charge on any atom is -0.508 e. The van der Waals surface area contributed by atoms with Gasteiger partial charge in [0.25, 0.3) is 0 Å². The Morgan fingerprint density at radius 1 is 1.19 bits per heavy atom. The molecule has 0 aliphatic heterocycles. The molecule has 0 saturated carbocycles. The predicted molar refractivity (Wildman–Crippen MR) is 84.4 cm³/mol. The van der Waals surface area contributed by atoms with E-state index in [0.29, 0.717) is 5.56 Å². The van der Waals surface area contributed by atoms with Crippen molar-refractivity contribution in [1.82, 2.24) is 5.32 Å². The smallest absolute Gasteiger partial charge is 0.228 e. The van der Waals surface area contributed by atoms with Crippen molar-refractivity contribution in [3.05, 3.63) is 59.7 Å². The van der Waals surface area contributed by atoms with Crippen LogP contribution >= 0.6 is 0 Å². The number of carbonyl (C=O) groups excluding carboxylic acids is 1. The van der Waals surface area contributed by atoms with Gasteiger partial charge in [-0.1, -0.05) is 30.3 Å². The zero-order valence-electron chi connectivity index (χ0n) is 12.3. The van der Waals surface area contributed by atoms with Crippen molar-refractivity contribution < 1.29 is 9.90 Å². The number of nitrogens with one attached hydrogen (secondary N) is 2. The van der Waals surface area contributed by atoms with Gasteiger partial charge in [-0.15, -0.1) is 0 Å². The topological polar surface area (TPSA) is 61.4 Å². The van der Waals surface area contributed by atoms with E-state index in [9.17, 15) is 9.90 Å². The summed E-state index contributed by atoms with van der Waals surface area (Å²) in [5, 5.41) is 15.7. The number of rotatable bonds is 5. The highest BCUT2D eigenvalue weighted by Gasteiger charge is 2.09. The molecular formula is C17H20N2O2. The van der Waals surface area contributed by atoms with E-state index in [0.717, 1.165) is 11.3 Å². The number of anilines is 1. The first-order valence-corrected chi connectivity index (χ1v) is 6.94. The molecule has 1 amide bonds. The summed E-state index contributed by atoms with van der Waals surface area (Å²) in [6.45, 7) is 2.06. The molecule has 1 atom stereocenters. The fraction of sp³-hybridized carbons (Fsp3) is 0.235. The van der Waals surface area contributed by atoms with Crippen molar-refractivity contribution >= 4 is 11.6 Å². The number of benzene rings is 2. The summed E-state index contributed by atoms with van der Waals surface area (Å²) < 4.78 is 0. The van der Waals surface area contributed by atoms with Gasteiger partial charge in [-0.3, -0.25) is 4.79 Å². The van der Waals surface area contributed by atoms with Crippen molar-refractivity contribution in [3.8, 4) is 5.75 Å². The minimum atomic E-state index is -0.147. The van der Waals surface area contributed by atoms with Crippen molar-refractivity contribution in [2.24, 2.45) is 0 Å². The fourth-order valence-electron chi connectivity index (χ4n) is 2.09. The molecule has 0 fully saturated rings. The molecule has 0 spiro atoms. The lowest BCUT2D eigenvalue weighted by Gasteiger charge is -2.13. The van der Waals surface area contributed by atoms with E-state index in [1.54, 1.807) is 24.3 Å². The Kier molecular flexibility index (Phi) is 4.95. The lowest BCUT2D eigenvalue weighted by molar-refractivity contribution is -0.115. The molecule has 21 heavy (non-hydrogen) atoms.